The number of benzene rings is 1. The number of phenolic OH excluding ortho intramolecular Hbond substituents is 1. The molecule has 0 saturated carbocycles. The molecule has 1 rings (SSSR count). The normalized spacial score (nSPS) is 12.9. The lowest BCUT2D eigenvalue weighted by atomic mass is 9.98. The summed E-state index contributed by atoms with van der Waals surface area (Å²) in [7, 11) is 0. The van der Waals surface area contributed by atoms with Gasteiger partial charge in [0.1, 0.15) is 5.75 Å². The largest absolute Gasteiger partial charge is 0.508 e. The molecule has 0 spiro atoms. The summed E-state index contributed by atoms with van der Waals surface area (Å²) >= 11 is 0. The number of hydrogen-bond donors (Lipinski definition) is 2. The van der Waals surface area contributed by atoms with E-state index in [1.807, 2.05) is 26.8 Å². The van der Waals surface area contributed by atoms with Crippen molar-refractivity contribution in [3.63, 3.8) is 0 Å². The van der Waals surface area contributed by atoms with Gasteiger partial charge in [-0.25, -0.2) is 0 Å². The van der Waals surface area contributed by atoms with E-state index in [0.717, 1.165) is 17.5 Å². The Morgan fingerprint density at radius 2 is 1.92 bits per heavy atom. The molecule has 0 aromatic heterocycles. The highest BCUT2D eigenvalue weighted by molar-refractivity contribution is 5.42. The second-order valence-corrected chi connectivity index (χ2v) is 3.68. The second kappa shape index (κ2) is 3.79. The highest BCUT2D eigenvalue weighted by Crippen LogP contribution is 2.23. The number of rotatable bonds is 2. The molecule has 13 heavy (non-hydrogen) atoms. The molecular weight excluding hydrogens is 162 g/mol. The summed E-state index contributed by atoms with van der Waals surface area (Å²) in [4.78, 5) is 0. The second-order valence-electron chi connectivity index (χ2n) is 3.68. The van der Waals surface area contributed by atoms with Crippen LogP contribution in [0.2, 0.25) is 0 Å². The molecule has 0 aliphatic rings. The Bertz CT molecular complexity index is 305. The van der Waals surface area contributed by atoms with Crippen LogP contribution in [-0.4, -0.2) is 11.1 Å². The highest BCUT2D eigenvalue weighted by Gasteiger charge is 2.06. The molecule has 0 radical (unpaired) electrons. The predicted octanol–water partition coefficient (Wildman–Crippen LogP) is 1.90. The molecule has 0 fully saturated rings. The molecule has 3 N–H and O–H groups in total. The number of nitrogens with two attached hydrogens (primary N) is 1. The molecule has 1 aromatic rings. The molecule has 1 atom stereocenters. The number of aromatic hydroxyl groups is 1. The Kier molecular flexibility index (Phi) is 2.94. The van der Waals surface area contributed by atoms with Crippen LogP contribution in [0, 0.1) is 13.8 Å². The molecule has 0 amide bonds. The van der Waals surface area contributed by atoms with Gasteiger partial charge in [-0.1, -0.05) is 6.07 Å². The van der Waals surface area contributed by atoms with Gasteiger partial charge in [-0.15, -0.1) is 0 Å². The quantitative estimate of drug-likeness (QED) is 0.728. The van der Waals surface area contributed by atoms with Crippen molar-refractivity contribution in [3.8, 4) is 5.75 Å². The van der Waals surface area contributed by atoms with E-state index in [1.165, 1.54) is 5.56 Å². The van der Waals surface area contributed by atoms with Crippen LogP contribution in [0.25, 0.3) is 0 Å². The van der Waals surface area contributed by atoms with Crippen LogP contribution < -0.4 is 5.73 Å². The topological polar surface area (TPSA) is 46.2 Å². The minimum Gasteiger partial charge on any atom is -0.508 e. The van der Waals surface area contributed by atoms with E-state index in [9.17, 15) is 5.11 Å². The predicted molar refractivity (Wildman–Crippen MR) is 54.9 cm³/mol. The molecule has 0 aliphatic heterocycles. The van der Waals surface area contributed by atoms with Crippen molar-refractivity contribution in [2.45, 2.75) is 33.2 Å². The molecule has 2 heteroatoms. The van der Waals surface area contributed by atoms with E-state index < -0.39 is 0 Å². The molecule has 0 heterocycles. The van der Waals surface area contributed by atoms with Gasteiger partial charge in [0, 0.05) is 6.04 Å². The van der Waals surface area contributed by atoms with Gasteiger partial charge in [-0.05, 0) is 49.9 Å². The van der Waals surface area contributed by atoms with Crippen molar-refractivity contribution in [2.75, 3.05) is 0 Å². The maximum absolute atomic E-state index is 9.43. The minimum absolute atomic E-state index is 0.169. The fourth-order valence-electron chi connectivity index (χ4n) is 1.43. The third-order valence-electron chi connectivity index (χ3n) is 2.41. The van der Waals surface area contributed by atoms with Crippen LogP contribution in [0.5, 0.6) is 5.75 Å². The van der Waals surface area contributed by atoms with Crippen LogP contribution in [0.1, 0.15) is 23.6 Å². The standard InChI is InChI=1S/C11H17NO/c1-7(12)6-10-4-5-11(13)9(3)8(10)2/h4-5,7,13H,6,12H2,1-3H3. The molecule has 1 aromatic carbocycles. The van der Waals surface area contributed by atoms with Gasteiger partial charge in [0.05, 0.1) is 0 Å². The molecule has 72 valence electrons. The third-order valence-corrected chi connectivity index (χ3v) is 2.41. The minimum atomic E-state index is 0.169. The van der Waals surface area contributed by atoms with Crippen molar-refractivity contribution in [3.05, 3.63) is 28.8 Å². The van der Waals surface area contributed by atoms with E-state index in [4.69, 9.17) is 5.73 Å². The first-order valence-electron chi connectivity index (χ1n) is 4.56. The average Bonchev–Trinajstić information content (AvgIpc) is 2.06. The summed E-state index contributed by atoms with van der Waals surface area (Å²) in [6.45, 7) is 5.93. The smallest absolute Gasteiger partial charge is 0.118 e. The van der Waals surface area contributed by atoms with Gasteiger partial charge in [0.15, 0.2) is 0 Å². The monoisotopic (exact) mass is 179 g/mol. The zero-order valence-electron chi connectivity index (χ0n) is 8.46. The number of phenols is 1. The van der Waals surface area contributed by atoms with Crippen molar-refractivity contribution >= 4 is 0 Å². The van der Waals surface area contributed by atoms with E-state index in [0.29, 0.717) is 5.75 Å². The van der Waals surface area contributed by atoms with Crippen molar-refractivity contribution in [1.29, 1.82) is 0 Å². The molecule has 0 aliphatic carbocycles. The van der Waals surface area contributed by atoms with Crippen molar-refractivity contribution < 1.29 is 5.11 Å². The molecule has 0 saturated heterocycles. The van der Waals surface area contributed by atoms with Gasteiger partial charge < -0.3 is 10.8 Å². The fraction of sp³-hybridized carbons (Fsp3) is 0.455. The summed E-state index contributed by atoms with van der Waals surface area (Å²) in [5, 5.41) is 9.43. The Balaban J connectivity index is 3.04. The Morgan fingerprint density at radius 3 is 2.46 bits per heavy atom. The summed E-state index contributed by atoms with van der Waals surface area (Å²) in [5.41, 5.74) is 9.05. The van der Waals surface area contributed by atoms with Gasteiger partial charge in [0.25, 0.3) is 0 Å². The Labute approximate surface area is 79.4 Å². The lowest BCUT2D eigenvalue weighted by molar-refractivity contribution is 0.470. The average molecular weight is 179 g/mol. The van der Waals surface area contributed by atoms with Gasteiger partial charge in [-0.3, -0.25) is 0 Å². The molecular formula is C11H17NO. The van der Waals surface area contributed by atoms with Crippen LogP contribution in [0.3, 0.4) is 0 Å². The van der Waals surface area contributed by atoms with E-state index in [-0.39, 0.29) is 6.04 Å². The first-order valence-corrected chi connectivity index (χ1v) is 4.56. The van der Waals surface area contributed by atoms with Crippen LogP contribution in [0.4, 0.5) is 0 Å². The van der Waals surface area contributed by atoms with Gasteiger partial charge in [0.2, 0.25) is 0 Å². The van der Waals surface area contributed by atoms with Crippen molar-refractivity contribution in [2.24, 2.45) is 5.73 Å². The fourth-order valence-corrected chi connectivity index (χ4v) is 1.43. The summed E-state index contributed by atoms with van der Waals surface area (Å²) in [6.07, 6.45) is 0.868. The maximum atomic E-state index is 9.43. The maximum Gasteiger partial charge on any atom is 0.118 e. The van der Waals surface area contributed by atoms with E-state index in [1.54, 1.807) is 6.07 Å². The number of hydrogen-bond acceptors (Lipinski definition) is 2. The van der Waals surface area contributed by atoms with Crippen molar-refractivity contribution in [1.82, 2.24) is 0 Å². The first kappa shape index (κ1) is 10.1. The molecule has 0 bridgehead atoms. The lowest BCUT2D eigenvalue weighted by Gasteiger charge is -2.11. The van der Waals surface area contributed by atoms with Crippen LogP contribution in [0.15, 0.2) is 12.1 Å². The first-order chi connectivity index (χ1) is 6.02. The van der Waals surface area contributed by atoms with E-state index >= 15 is 0 Å². The van der Waals surface area contributed by atoms with Crippen LogP contribution in [-0.2, 0) is 6.42 Å². The van der Waals surface area contributed by atoms with Gasteiger partial charge in [-0.2, -0.15) is 0 Å². The molecule has 2 nitrogen and oxygen atoms in total. The summed E-state index contributed by atoms with van der Waals surface area (Å²) in [5.74, 6) is 0.367. The zero-order valence-corrected chi connectivity index (χ0v) is 8.46. The van der Waals surface area contributed by atoms with Crippen LogP contribution >= 0.6 is 0 Å². The zero-order chi connectivity index (χ0) is 10.0. The summed E-state index contributed by atoms with van der Waals surface area (Å²) < 4.78 is 0. The Morgan fingerprint density at radius 1 is 1.31 bits per heavy atom. The Hall–Kier alpha value is -1.02. The van der Waals surface area contributed by atoms with Gasteiger partial charge >= 0.3 is 0 Å². The lowest BCUT2D eigenvalue weighted by Crippen LogP contribution is -2.18. The molecule has 1 unspecified atom stereocenters. The highest BCUT2D eigenvalue weighted by atomic mass is 16.3. The third kappa shape index (κ3) is 2.22. The SMILES string of the molecule is Cc1c(O)ccc(CC(C)N)c1C. The summed E-state index contributed by atoms with van der Waals surface area (Å²) in [6, 6.07) is 3.85. The van der Waals surface area contributed by atoms with E-state index in [2.05, 4.69) is 0 Å².